The molecule has 3 rings (SSSR count). The summed E-state index contributed by atoms with van der Waals surface area (Å²) >= 11 is 0. The topological polar surface area (TPSA) is 26.3 Å². The summed E-state index contributed by atoms with van der Waals surface area (Å²) in [5, 5.41) is 0. The maximum Gasteiger partial charge on any atom is 0.302 e. The van der Waals surface area contributed by atoms with E-state index in [1.807, 2.05) is 0 Å². The lowest BCUT2D eigenvalue weighted by molar-refractivity contribution is -0.148. The summed E-state index contributed by atoms with van der Waals surface area (Å²) in [6.45, 7) is 3.87. The number of ether oxygens (including phenoxy) is 1. The maximum absolute atomic E-state index is 11.1. The fraction of sp³-hybridized carbons (Fsp3) is 0.958. The highest BCUT2D eigenvalue weighted by Crippen LogP contribution is 2.45. The minimum Gasteiger partial charge on any atom is -0.463 e. The Labute approximate surface area is 161 Å². The van der Waals surface area contributed by atoms with Crippen molar-refractivity contribution in [2.45, 2.75) is 116 Å². The van der Waals surface area contributed by atoms with Crippen molar-refractivity contribution in [2.75, 3.05) is 0 Å². The Morgan fingerprint density at radius 3 is 1.58 bits per heavy atom. The first kappa shape index (κ1) is 20.2. The van der Waals surface area contributed by atoms with Crippen molar-refractivity contribution >= 4 is 5.97 Å². The Bertz CT molecular complexity index is 408. The highest BCUT2D eigenvalue weighted by atomic mass is 16.5. The quantitative estimate of drug-likeness (QED) is 0.480. The Balaban J connectivity index is 1.34. The van der Waals surface area contributed by atoms with Crippen LogP contribution in [-0.2, 0) is 9.53 Å². The van der Waals surface area contributed by atoms with Gasteiger partial charge in [-0.1, -0.05) is 39.0 Å². The third-order valence-electron chi connectivity index (χ3n) is 8.06. The molecule has 26 heavy (non-hydrogen) atoms. The Morgan fingerprint density at radius 1 is 0.731 bits per heavy atom. The van der Waals surface area contributed by atoms with Crippen LogP contribution in [0.3, 0.4) is 0 Å². The molecule has 0 saturated heterocycles. The second-order valence-corrected chi connectivity index (χ2v) is 9.74. The van der Waals surface area contributed by atoms with Crippen molar-refractivity contribution in [1.82, 2.24) is 0 Å². The predicted molar refractivity (Wildman–Crippen MR) is 108 cm³/mol. The molecule has 3 aliphatic carbocycles. The summed E-state index contributed by atoms with van der Waals surface area (Å²) in [6.07, 6.45) is 21.3. The fourth-order valence-electron chi connectivity index (χ4n) is 6.44. The average molecular weight is 363 g/mol. The zero-order valence-electron chi connectivity index (χ0n) is 17.4. The molecule has 2 nitrogen and oxygen atoms in total. The normalized spacial score (nSPS) is 38.7. The summed E-state index contributed by atoms with van der Waals surface area (Å²) in [5.74, 6) is 4.91. The molecule has 3 fully saturated rings. The van der Waals surface area contributed by atoms with E-state index in [-0.39, 0.29) is 12.1 Å². The van der Waals surface area contributed by atoms with Gasteiger partial charge in [0.1, 0.15) is 6.10 Å². The standard InChI is InChI=1S/C24H42O2/c1-3-4-5-19-6-8-20(9-7-19)21-10-12-22(13-11-21)23-14-16-24(17-15-23)26-18(2)25/h19-24H,3-17H2,1-2H3. The molecular weight excluding hydrogens is 320 g/mol. The summed E-state index contributed by atoms with van der Waals surface area (Å²) in [5.41, 5.74) is 0. The van der Waals surface area contributed by atoms with Crippen LogP contribution in [0.1, 0.15) is 110 Å². The van der Waals surface area contributed by atoms with Gasteiger partial charge in [-0.15, -0.1) is 0 Å². The van der Waals surface area contributed by atoms with E-state index in [2.05, 4.69) is 6.92 Å². The minimum atomic E-state index is -0.0987. The number of unbranched alkanes of at least 4 members (excludes halogenated alkanes) is 1. The second kappa shape index (κ2) is 10.1. The number of carbonyl (C=O) groups excluding carboxylic acids is 1. The van der Waals surface area contributed by atoms with E-state index in [9.17, 15) is 4.79 Å². The highest BCUT2D eigenvalue weighted by Gasteiger charge is 2.34. The molecule has 0 amide bonds. The molecule has 0 aliphatic heterocycles. The van der Waals surface area contributed by atoms with Gasteiger partial charge >= 0.3 is 5.97 Å². The smallest absolute Gasteiger partial charge is 0.302 e. The lowest BCUT2D eigenvalue weighted by Gasteiger charge is -2.41. The van der Waals surface area contributed by atoms with Crippen molar-refractivity contribution in [3.63, 3.8) is 0 Å². The van der Waals surface area contributed by atoms with Gasteiger partial charge in [0.05, 0.1) is 0 Å². The van der Waals surface area contributed by atoms with Gasteiger partial charge in [0.15, 0.2) is 0 Å². The number of esters is 1. The highest BCUT2D eigenvalue weighted by molar-refractivity contribution is 5.66. The molecular formula is C24H42O2. The molecule has 3 aliphatic rings. The van der Waals surface area contributed by atoms with Crippen molar-refractivity contribution < 1.29 is 9.53 Å². The van der Waals surface area contributed by atoms with Crippen molar-refractivity contribution in [3.8, 4) is 0 Å². The van der Waals surface area contributed by atoms with Crippen molar-refractivity contribution in [3.05, 3.63) is 0 Å². The Morgan fingerprint density at radius 2 is 1.15 bits per heavy atom. The molecule has 150 valence electrons. The fourth-order valence-corrected chi connectivity index (χ4v) is 6.44. The zero-order chi connectivity index (χ0) is 18.4. The van der Waals surface area contributed by atoms with Crippen LogP contribution in [0.15, 0.2) is 0 Å². The monoisotopic (exact) mass is 362 g/mol. The summed E-state index contributed by atoms with van der Waals surface area (Å²) in [7, 11) is 0. The molecule has 0 spiro atoms. The third-order valence-corrected chi connectivity index (χ3v) is 8.06. The van der Waals surface area contributed by atoms with E-state index in [0.29, 0.717) is 0 Å². The van der Waals surface area contributed by atoms with E-state index < -0.39 is 0 Å². The minimum absolute atomic E-state index is 0.0987. The van der Waals surface area contributed by atoms with Crippen LogP contribution < -0.4 is 0 Å². The van der Waals surface area contributed by atoms with Gasteiger partial charge in [0.2, 0.25) is 0 Å². The Kier molecular flexibility index (Phi) is 7.88. The summed E-state index contributed by atoms with van der Waals surface area (Å²) in [6, 6.07) is 0. The first-order valence-electron chi connectivity index (χ1n) is 11.8. The molecule has 0 aromatic heterocycles. The SMILES string of the molecule is CCCCC1CCC(C2CCC(C3CCC(OC(C)=O)CC3)CC2)CC1. The van der Waals surface area contributed by atoms with E-state index >= 15 is 0 Å². The number of carbonyl (C=O) groups is 1. The van der Waals surface area contributed by atoms with E-state index in [4.69, 9.17) is 4.74 Å². The van der Waals surface area contributed by atoms with Crippen molar-refractivity contribution in [2.24, 2.45) is 29.6 Å². The van der Waals surface area contributed by atoms with Crippen LogP contribution in [0.5, 0.6) is 0 Å². The molecule has 0 aromatic carbocycles. The van der Waals surface area contributed by atoms with Gasteiger partial charge in [-0.05, 0) is 93.8 Å². The predicted octanol–water partition coefficient (Wildman–Crippen LogP) is 6.91. The first-order chi connectivity index (χ1) is 12.7. The van der Waals surface area contributed by atoms with Gasteiger partial charge in [0, 0.05) is 6.92 Å². The van der Waals surface area contributed by atoms with Crippen LogP contribution in [-0.4, -0.2) is 12.1 Å². The van der Waals surface area contributed by atoms with E-state index in [1.165, 1.54) is 83.5 Å². The van der Waals surface area contributed by atoms with Gasteiger partial charge < -0.3 is 4.74 Å². The first-order valence-corrected chi connectivity index (χ1v) is 11.8. The van der Waals surface area contributed by atoms with Gasteiger partial charge in [0.25, 0.3) is 0 Å². The van der Waals surface area contributed by atoms with Gasteiger partial charge in [-0.2, -0.15) is 0 Å². The zero-order valence-corrected chi connectivity index (χ0v) is 17.4. The lowest BCUT2D eigenvalue weighted by Crippen LogP contribution is -2.31. The summed E-state index contributed by atoms with van der Waals surface area (Å²) in [4.78, 5) is 11.1. The van der Waals surface area contributed by atoms with E-state index in [1.54, 1.807) is 6.92 Å². The molecule has 0 heterocycles. The molecule has 0 atom stereocenters. The van der Waals surface area contributed by atoms with Crippen LogP contribution >= 0.6 is 0 Å². The molecule has 3 saturated carbocycles. The van der Waals surface area contributed by atoms with Crippen LogP contribution in [0.25, 0.3) is 0 Å². The molecule has 0 aromatic rings. The Hall–Kier alpha value is -0.530. The second-order valence-electron chi connectivity index (χ2n) is 9.74. The largest absolute Gasteiger partial charge is 0.463 e. The van der Waals surface area contributed by atoms with Crippen LogP contribution in [0, 0.1) is 29.6 Å². The van der Waals surface area contributed by atoms with Gasteiger partial charge in [-0.3, -0.25) is 4.79 Å². The maximum atomic E-state index is 11.1. The molecule has 0 radical (unpaired) electrons. The summed E-state index contributed by atoms with van der Waals surface area (Å²) < 4.78 is 5.42. The van der Waals surface area contributed by atoms with Crippen molar-refractivity contribution in [1.29, 1.82) is 0 Å². The van der Waals surface area contributed by atoms with E-state index in [0.717, 1.165) is 42.4 Å². The number of hydrogen-bond acceptors (Lipinski definition) is 2. The van der Waals surface area contributed by atoms with Gasteiger partial charge in [-0.25, -0.2) is 0 Å². The molecule has 0 bridgehead atoms. The molecule has 0 unspecified atom stereocenters. The number of hydrogen-bond donors (Lipinski definition) is 0. The molecule has 0 N–H and O–H groups in total. The van der Waals surface area contributed by atoms with Crippen LogP contribution in [0.2, 0.25) is 0 Å². The number of rotatable bonds is 6. The third kappa shape index (κ3) is 5.73. The lowest BCUT2D eigenvalue weighted by atomic mass is 9.65. The molecule has 2 heteroatoms. The average Bonchev–Trinajstić information content (AvgIpc) is 2.67. The van der Waals surface area contributed by atoms with Crippen LogP contribution in [0.4, 0.5) is 0 Å².